The summed E-state index contributed by atoms with van der Waals surface area (Å²) in [6.45, 7) is 3.71. The smallest absolute Gasteiger partial charge is 0.260 e. The van der Waals surface area contributed by atoms with Gasteiger partial charge in [-0.3, -0.25) is 4.79 Å². The van der Waals surface area contributed by atoms with E-state index in [0.29, 0.717) is 31.3 Å². The molecule has 40 heavy (non-hydrogen) atoms. The van der Waals surface area contributed by atoms with Gasteiger partial charge in [0.25, 0.3) is 5.91 Å². The van der Waals surface area contributed by atoms with Crippen LogP contribution in [0.15, 0.2) is 48.8 Å². The Morgan fingerprint density at radius 3 is 2.60 bits per heavy atom. The van der Waals surface area contributed by atoms with Crippen LogP contribution in [0.25, 0.3) is 0 Å². The van der Waals surface area contributed by atoms with Crippen molar-refractivity contribution in [2.75, 3.05) is 77.8 Å². The quantitative estimate of drug-likeness (QED) is 0.445. The van der Waals surface area contributed by atoms with Crippen LogP contribution in [-0.4, -0.2) is 92.9 Å². The molecule has 0 saturated heterocycles. The number of rotatable bonds is 6. The summed E-state index contributed by atoms with van der Waals surface area (Å²) in [6.07, 6.45) is 2.42. The van der Waals surface area contributed by atoms with Crippen molar-refractivity contribution in [1.82, 2.24) is 19.8 Å². The zero-order chi connectivity index (χ0) is 27.9. The first-order chi connectivity index (χ1) is 19.5. The number of methoxy groups -OCH3 is 1. The van der Waals surface area contributed by atoms with Gasteiger partial charge in [0.15, 0.2) is 18.1 Å². The second-order valence-corrected chi connectivity index (χ2v) is 9.94. The highest BCUT2D eigenvalue weighted by Crippen LogP contribution is 2.38. The van der Waals surface area contributed by atoms with E-state index in [0.717, 1.165) is 60.4 Å². The Morgan fingerprint density at radius 1 is 1.00 bits per heavy atom. The highest BCUT2D eigenvalue weighted by molar-refractivity contribution is 5.77. The predicted molar refractivity (Wildman–Crippen MR) is 152 cm³/mol. The summed E-state index contributed by atoms with van der Waals surface area (Å²) >= 11 is 0. The SMILES string of the molecule is COc1ccc(OCCOc2ccc3cc2OCC(=O)N(C)CCCN(C)CC2CNc4ncnc(c42)N3)cc1. The Kier molecular flexibility index (Phi) is 8.70. The molecule has 3 aromatic rings. The molecule has 2 aromatic carbocycles. The minimum Gasteiger partial charge on any atom is -0.497 e. The standard InChI is InChI=1S/C29H36N6O5/c1-34-11-4-12-35(2)26(36)18-40-25-15-21(33-29-27-20(17-34)16-30-28(27)31-19-32-29)5-10-24(25)39-14-13-38-23-8-6-22(37-3)7-9-23/h5-10,15,19-20H,4,11-14,16-18H2,1-3H3,(H2,30,31,32,33). The summed E-state index contributed by atoms with van der Waals surface area (Å²) < 4.78 is 23.0. The van der Waals surface area contributed by atoms with Crippen molar-refractivity contribution in [1.29, 1.82) is 0 Å². The van der Waals surface area contributed by atoms with Gasteiger partial charge in [-0.25, -0.2) is 9.97 Å². The van der Waals surface area contributed by atoms with Crippen molar-refractivity contribution in [3.8, 4) is 23.0 Å². The fourth-order valence-corrected chi connectivity index (χ4v) is 4.86. The summed E-state index contributed by atoms with van der Waals surface area (Å²) in [4.78, 5) is 25.8. The lowest BCUT2D eigenvalue weighted by atomic mass is 10.0. The van der Waals surface area contributed by atoms with E-state index in [1.54, 1.807) is 18.3 Å². The van der Waals surface area contributed by atoms with Crippen LogP contribution in [-0.2, 0) is 4.79 Å². The van der Waals surface area contributed by atoms with E-state index in [1.807, 2.05) is 49.5 Å². The zero-order valence-electron chi connectivity index (χ0n) is 23.2. The second kappa shape index (κ2) is 12.7. The first-order valence-electron chi connectivity index (χ1n) is 13.4. The number of fused-ring (bicyclic) bond motifs is 2. The largest absolute Gasteiger partial charge is 0.497 e. The van der Waals surface area contributed by atoms with Crippen molar-refractivity contribution in [3.63, 3.8) is 0 Å². The number of benzene rings is 2. The summed E-state index contributed by atoms with van der Waals surface area (Å²) in [5.74, 6) is 4.23. The summed E-state index contributed by atoms with van der Waals surface area (Å²) in [7, 11) is 5.54. The lowest BCUT2D eigenvalue weighted by Gasteiger charge is -2.24. The van der Waals surface area contributed by atoms with Crippen molar-refractivity contribution in [2.45, 2.75) is 12.3 Å². The van der Waals surface area contributed by atoms with Crippen LogP contribution >= 0.6 is 0 Å². The second-order valence-electron chi connectivity index (χ2n) is 9.94. The molecule has 11 nitrogen and oxygen atoms in total. The van der Waals surface area contributed by atoms with Gasteiger partial charge in [-0.05, 0) is 56.4 Å². The lowest BCUT2D eigenvalue weighted by molar-refractivity contribution is -0.132. The molecule has 1 aromatic heterocycles. The van der Waals surface area contributed by atoms with Crippen LogP contribution in [0.5, 0.6) is 23.0 Å². The summed E-state index contributed by atoms with van der Waals surface area (Å²) in [5, 5.41) is 6.86. The molecule has 2 aliphatic heterocycles. The van der Waals surface area contributed by atoms with Crippen LogP contribution in [0.2, 0.25) is 0 Å². The fraction of sp³-hybridized carbons (Fsp3) is 0.414. The van der Waals surface area contributed by atoms with Crippen LogP contribution in [0.4, 0.5) is 17.3 Å². The van der Waals surface area contributed by atoms with Gasteiger partial charge in [-0.15, -0.1) is 0 Å². The van der Waals surface area contributed by atoms with E-state index >= 15 is 0 Å². The molecule has 2 bridgehead atoms. The Bertz CT molecular complexity index is 1300. The number of nitrogens with zero attached hydrogens (tertiary/aromatic N) is 4. The van der Waals surface area contributed by atoms with Gasteiger partial charge in [0, 0.05) is 49.9 Å². The number of nitrogens with one attached hydrogen (secondary N) is 2. The van der Waals surface area contributed by atoms with Gasteiger partial charge in [-0.2, -0.15) is 0 Å². The normalized spacial score (nSPS) is 17.7. The number of carbonyl (C=O) groups is 1. The molecule has 1 amide bonds. The summed E-state index contributed by atoms with van der Waals surface area (Å²) in [5.41, 5.74) is 1.84. The third-order valence-electron chi connectivity index (χ3n) is 7.03. The summed E-state index contributed by atoms with van der Waals surface area (Å²) in [6, 6.07) is 12.9. The van der Waals surface area contributed by atoms with Crippen molar-refractivity contribution in [2.24, 2.45) is 0 Å². The van der Waals surface area contributed by atoms with Crippen LogP contribution < -0.4 is 29.6 Å². The average Bonchev–Trinajstić information content (AvgIpc) is 3.38. The van der Waals surface area contributed by atoms with E-state index in [4.69, 9.17) is 18.9 Å². The molecule has 11 heteroatoms. The number of aromatic nitrogens is 2. The molecule has 2 aliphatic rings. The van der Waals surface area contributed by atoms with Crippen molar-refractivity contribution >= 4 is 23.2 Å². The fourth-order valence-electron chi connectivity index (χ4n) is 4.86. The van der Waals surface area contributed by atoms with Gasteiger partial charge < -0.3 is 39.4 Å². The van der Waals surface area contributed by atoms with Crippen molar-refractivity contribution < 1.29 is 23.7 Å². The lowest BCUT2D eigenvalue weighted by Crippen LogP contribution is -2.34. The molecule has 1 atom stereocenters. The van der Waals surface area contributed by atoms with Crippen LogP contribution in [0, 0.1) is 0 Å². The highest BCUT2D eigenvalue weighted by Gasteiger charge is 2.29. The minimum absolute atomic E-state index is 0.0929. The first-order valence-corrected chi connectivity index (χ1v) is 13.4. The van der Waals surface area contributed by atoms with Crippen molar-refractivity contribution in [3.05, 3.63) is 54.4 Å². The maximum Gasteiger partial charge on any atom is 0.260 e. The topological polar surface area (TPSA) is 110 Å². The number of hydrogen-bond acceptors (Lipinski definition) is 10. The maximum atomic E-state index is 12.8. The molecular formula is C29H36N6O5. The Morgan fingerprint density at radius 2 is 1.77 bits per heavy atom. The molecule has 0 aliphatic carbocycles. The van der Waals surface area contributed by atoms with Gasteiger partial charge in [0.1, 0.15) is 42.7 Å². The Balaban J connectivity index is 1.34. The van der Waals surface area contributed by atoms with E-state index in [2.05, 4.69) is 32.5 Å². The van der Waals surface area contributed by atoms with Crippen LogP contribution in [0.3, 0.4) is 0 Å². The van der Waals surface area contributed by atoms with E-state index in [-0.39, 0.29) is 18.4 Å². The molecule has 3 heterocycles. The number of carbonyl (C=O) groups excluding carboxylic acids is 1. The van der Waals surface area contributed by atoms with Gasteiger partial charge in [-0.1, -0.05) is 0 Å². The van der Waals surface area contributed by atoms with E-state index < -0.39 is 0 Å². The van der Waals surface area contributed by atoms with E-state index in [9.17, 15) is 4.79 Å². The highest BCUT2D eigenvalue weighted by atomic mass is 16.5. The number of anilines is 3. The van der Waals surface area contributed by atoms with Crippen LogP contribution in [0.1, 0.15) is 17.9 Å². The molecule has 0 fully saturated rings. The number of hydrogen-bond donors (Lipinski definition) is 2. The molecule has 0 spiro atoms. The number of ether oxygens (including phenoxy) is 4. The first kappa shape index (κ1) is 27.3. The minimum atomic E-state index is -0.0938. The van der Waals surface area contributed by atoms with Gasteiger partial charge >= 0.3 is 0 Å². The average molecular weight is 549 g/mol. The van der Waals surface area contributed by atoms with E-state index in [1.165, 1.54) is 0 Å². The molecule has 0 radical (unpaired) electrons. The molecule has 5 rings (SSSR count). The number of amides is 1. The monoisotopic (exact) mass is 548 g/mol. The molecule has 1 unspecified atom stereocenters. The van der Waals surface area contributed by atoms with Gasteiger partial charge in [0.2, 0.25) is 0 Å². The Labute approximate surface area is 234 Å². The predicted octanol–water partition coefficient (Wildman–Crippen LogP) is 3.37. The zero-order valence-corrected chi connectivity index (χ0v) is 23.2. The van der Waals surface area contributed by atoms with Gasteiger partial charge in [0.05, 0.1) is 7.11 Å². The number of likely N-dealkylation sites (N-methyl/N-ethyl adjacent to an activating group) is 2. The maximum absolute atomic E-state index is 12.8. The molecular weight excluding hydrogens is 512 g/mol. The molecule has 2 N–H and O–H groups in total. The third-order valence-corrected chi connectivity index (χ3v) is 7.03. The third kappa shape index (κ3) is 6.66. The molecule has 0 saturated carbocycles. The molecule has 212 valence electrons. The Hall–Kier alpha value is -4.25.